The molecule has 0 amide bonds. The van der Waals surface area contributed by atoms with E-state index in [4.69, 9.17) is 0 Å². The van der Waals surface area contributed by atoms with Crippen LogP contribution in [0.4, 0.5) is 0 Å². The molecular formula is C6H13KO. The van der Waals surface area contributed by atoms with Crippen LogP contribution in [0.2, 0.25) is 0 Å². The quantitative estimate of drug-likeness (QED) is 0.454. The van der Waals surface area contributed by atoms with Gasteiger partial charge >= 0.3 is 51.4 Å². The van der Waals surface area contributed by atoms with Crippen molar-refractivity contribution in [3.05, 3.63) is 0 Å². The van der Waals surface area contributed by atoms with Gasteiger partial charge in [-0.3, -0.25) is 0 Å². The van der Waals surface area contributed by atoms with Crippen LogP contribution < -0.4 is 51.4 Å². The Morgan fingerprint density at radius 3 is 2.25 bits per heavy atom. The molecule has 0 bridgehead atoms. The summed E-state index contributed by atoms with van der Waals surface area (Å²) in [6.45, 7) is 3.72. The Kier molecular flexibility index (Phi) is 12.5. The van der Waals surface area contributed by atoms with Gasteiger partial charge in [0.05, 0.1) is 0 Å². The molecule has 2 heteroatoms. The number of ketones is 1. The summed E-state index contributed by atoms with van der Waals surface area (Å²) in [6, 6.07) is 0. The van der Waals surface area contributed by atoms with Crippen LogP contribution in [0.25, 0.3) is 0 Å². The van der Waals surface area contributed by atoms with E-state index in [1.165, 1.54) is 0 Å². The molecule has 0 aliphatic heterocycles. The van der Waals surface area contributed by atoms with E-state index >= 15 is 0 Å². The van der Waals surface area contributed by atoms with Crippen LogP contribution in [0.15, 0.2) is 0 Å². The van der Waals surface area contributed by atoms with Gasteiger partial charge in [-0.2, -0.15) is 0 Å². The predicted molar refractivity (Wildman–Crippen MR) is 31.3 cm³/mol. The molecule has 0 fully saturated rings. The van der Waals surface area contributed by atoms with Gasteiger partial charge in [0.25, 0.3) is 0 Å². The third-order valence-electron chi connectivity index (χ3n) is 0.882. The molecule has 0 aromatic carbocycles. The van der Waals surface area contributed by atoms with E-state index in [-0.39, 0.29) is 52.8 Å². The summed E-state index contributed by atoms with van der Waals surface area (Å²) >= 11 is 0. The van der Waals surface area contributed by atoms with Crippen molar-refractivity contribution in [2.75, 3.05) is 0 Å². The Hall–Kier alpha value is 1.31. The number of rotatable bonds is 3. The fraction of sp³-hybridized carbons (Fsp3) is 0.833. The second kappa shape index (κ2) is 8.31. The first-order valence-corrected chi connectivity index (χ1v) is 2.76. The summed E-state index contributed by atoms with van der Waals surface area (Å²) in [7, 11) is 0. The molecule has 0 spiro atoms. The van der Waals surface area contributed by atoms with Gasteiger partial charge in [0, 0.05) is 6.42 Å². The molecule has 0 saturated heterocycles. The Balaban J connectivity index is -0.000000180. The number of Topliss-reactive ketones (excluding diaryl/α,β-unsaturated/α-hetero) is 1. The summed E-state index contributed by atoms with van der Waals surface area (Å²) in [5.41, 5.74) is 0. The van der Waals surface area contributed by atoms with Gasteiger partial charge < -0.3 is 6.22 Å². The van der Waals surface area contributed by atoms with Gasteiger partial charge in [-0.05, 0) is 13.3 Å². The number of unbranched alkanes of at least 4 members (excludes halogenated alkanes) is 1. The van der Waals surface area contributed by atoms with Crippen LogP contribution in [-0.2, 0) is 4.79 Å². The smallest absolute Gasteiger partial charge is 1.00 e. The number of hydrogen-bond donors (Lipinski definition) is 0. The van der Waals surface area contributed by atoms with Crippen molar-refractivity contribution in [2.24, 2.45) is 0 Å². The third-order valence-corrected chi connectivity index (χ3v) is 0.882. The summed E-state index contributed by atoms with van der Waals surface area (Å²) < 4.78 is 0. The minimum Gasteiger partial charge on any atom is -1.00 e. The number of carbonyl (C=O) groups excluding carboxylic acids is 1. The van der Waals surface area contributed by atoms with Crippen LogP contribution in [0.1, 0.15) is 34.5 Å². The SMILES string of the molecule is CCCCC(C)=O.[H-].[K+]. The molecule has 0 N–H and O–H groups in total. The fourth-order valence-electron chi connectivity index (χ4n) is 0.426. The maximum atomic E-state index is 10.2. The Bertz CT molecular complexity index is 66.1. The third kappa shape index (κ3) is 10.3. The van der Waals surface area contributed by atoms with Gasteiger partial charge in [-0.25, -0.2) is 0 Å². The largest absolute Gasteiger partial charge is 1.00 e. The van der Waals surface area contributed by atoms with Crippen LogP contribution in [0, 0.1) is 0 Å². The zero-order chi connectivity index (χ0) is 5.70. The maximum Gasteiger partial charge on any atom is 1.00 e. The molecule has 0 radical (unpaired) electrons. The average molecular weight is 140 g/mol. The molecule has 0 aromatic rings. The summed E-state index contributed by atoms with van der Waals surface area (Å²) in [5, 5.41) is 0. The summed E-state index contributed by atoms with van der Waals surface area (Å²) in [4.78, 5) is 10.2. The second-order valence-electron chi connectivity index (χ2n) is 1.81. The van der Waals surface area contributed by atoms with Crippen molar-refractivity contribution >= 4 is 5.78 Å². The molecule has 0 aliphatic carbocycles. The van der Waals surface area contributed by atoms with E-state index in [1.807, 2.05) is 0 Å². The van der Waals surface area contributed by atoms with Crippen LogP contribution in [0.3, 0.4) is 0 Å². The summed E-state index contributed by atoms with van der Waals surface area (Å²) in [5.74, 6) is 0.307. The minimum atomic E-state index is 0. The number of carbonyl (C=O) groups is 1. The molecule has 0 saturated carbocycles. The van der Waals surface area contributed by atoms with Gasteiger partial charge in [0.2, 0.25) is 0 Å². The molecule has 0 unspecified atom stereocenters. The zero-order valence-electron chi connectivity index (χ0n) is 7.03. The molecule has 0 aromatic heterocycles. The van der Waals surface area contributed by atoms with Crippen molar-refractivity contribution < 1.29 is 57.6 Å². The van der Waals surface area contributed by atoms with Crippen LogP contribution in [0.5, 0.6) is 0 Å². The van der Waals surface area contributed by atoms with Gasteiger partial charge in [-0.15, -0.1) is 0 Å². The molecule has 1 nitrogen and oxygen atoms in total. The molecule has 8 heavy (non-hydrogen) atoms. The predicted octanol–water partition coefficient (Wildman–Crippen LogP) is -1.12. The second-order valence-corrected chi connectivity index (χ2v) is 1.81. The minimum absolute atomic E-state index is 0. The molecule has 0 rings (SSSR count). The Morgan fingerprint density at radius 1 is 1.62 bits per heavy atom. The van der Waals surface area contributed by atoms with Crippen LogP contribution in [-0.4, -0.2) is 5.78 Å². The first-order chi connectivity index (χ1) is 3.27. The van der Waals surface area contributed by atoms with Crippen molar-refractivity contribution in [3.8, 4) is 0 Å². The van der Waals surface area contributed by atoms with Crippen molar-refractivity contribution in [3.63, 3.8) is 0 Å². The Labute approximate surface area is 95.1 Å². The topological polar surface area (TPSA) is 17.1 Å². The van der Waals surface area contributed by atoms with Crippen molar-refractivity contribution in [1.29, 1.82) is 0 Å². The normalized spacial score (nSPS) is 7.75. The van der Waals surface area contributed by atoms with Crippen molar-refractivity contribution in [2.45, 2.75) is 33.1 Å². The average Bonchev–Trinajstić information content (AvgIpc) is 1.61. The van der Waals surface area contributed by atoms with E-state index in [0.717, 1.165) is 19.3 Å². The Morgan fingerprint density at radius 2 is 2.12 bits per heavy atom. The zero-order valence-corrected chi connectivity index (χ0v) is 9.15. The molecule has 0 aliphatic rings. The fourth-order valence-corrected chi connectivity index (χ4v) is 0.426. The first-order valence-electron chi connectivity index (χ1n) is 2.76. The van der Waals surface area contributed by atoms with E-state index in [2.05, 4.69) is 6.92 Å². The van der Waals surface area contributed by atoms with Crippen molar-refractivity contribution in [1.82, 2.24) is 0 Å². The molecule has 0 atom stereocenters. The maximum absolute atomic E-state index is 10.2. The molecule has 44 valence electrons. The molecular weight excluding hydrogens is 127 g/mol. The standard InChI is InChI=1S/C6H12O.K.H/c1-3-4-5-6(2)7;;/h3-5H2,1-2H3;;/q;+1;-1. The van der Waals surface area contributed by atoms with Crippen LogP contribution >= 0.6 is 0 Å². The summed E-state index contributed by atoms with van der Waals surface area (Å²) in [6.07, 6.45) is 2.94. The van der Waals surface area contributed by atoms with Gasteiger partial charge in [-0.1, -0.05) is 13.3 Å². The van der Waals surface area contributed by atoms with E-state index in [9.17, 15) is 4.79 Å². The molecule has 0 heterocycles. The van der Waals surface area contributed by atoms with E-state index in [1.54, 1.807) is 6.92 Å². The monoisotopic (exact) mass is 140 g/mol. The van der Waals surface area contributed by atoms with E-state index < -0.39 is 0 Å². The van der Waals surface area contributed by atoms with Gasteiger partial charge in [0.15, 0.2) is 0 Å². The first kappa shape index (κ1) is 12.0. The van der Waals surface area contributed by atoms with E-state index in [0.29, 0.717) is 5.78 Å². The number of hydrogen-bond acceptors (Lipinski definition) is 1. The van der Waals surface area contributed by atoms with Gasteiger partial charge in [0.1, 0.15) is 5.78 Å².